The maximum absolute atomic E-state index is 14.5. The van der Waals surface area contributed by atoms with E-state index in [1.165, 1.54) is 29.3 Å². The molecule has 0 atom stereocenters. The molecule has 0 fully saturated rings. The molecule has 0 unspecified atom stereocenters. The Morgan fingerprint density at radius 3 is 2.17 bits per heavy atom. The van der Waals surface area contributed by atoms with Gasteiger partial charge in [-0.15, -0.1) is 0 Å². The van der Waals surface area contributed by atoms with Crippen LogP contribution in [0.15, 0.2) is 72.8 Å². The minimum Gasteiger partial charge on any atom is -0.206 e. The molecule has 4 aromatic rings. The van der Waals surface area contributed by atoms with Crippen molar-refractivity contribution in [3.8, 4) is 11.8 Å². The molecular weight excluding hydrogens is 381 g/mol. The van der Waals surface area contributed by atoms with Gasteiger partial charge < -0.3 is 0 Å². The van der Waals surface area contributed by atoms with E-state index in [4.69, 9.17) is 0 Å². The van der Waals surface area contributed by atoms with Gasteiger partial charge in [-0.3, -0.25) is 0 Å². The van der Waals surface area contributed by atoms with E-state index in [-0.39, 0.29) is 11.2 Å². The summed E-state index contributed by atoms with van der Waals surface area (Å²) in [4.78, 5) is 0. The minimum atomic E-state index is -0.883. The van der Waals surface area contributed by atoms with Gasteiger partial charge in [0.05, 0.1) is 5.56 Å². The Bertz CT molecular complexity index is 1280. The van der Waals surface area contributed by atoms with Gasteiger partial charge in [0.25, 0.3) is 0 Å². The van der Waals surface area contributed by atoms with Gasteiger partial charge in [0.1, 0.15) is 5.82 Å². The first-order valence-electron chi connectivity index (χ1n) is 9.73. The summed E-state index contributed by atoms with van der Waals surface area (Å²) in [5.41, 5.74) is 4.27. The van der Waals surface area contributed by atoms with Gasteiger partial charge in [0, 0.05) is 10.9 Å². The molecule has 3 heteroatoms. The molecule has 0 aliphatic rings. The number of hydrogen-bond donors (Lipinski definition) is 0. The van der Waals surface area contributed by atoms with Gasteiger partial charge in [-0.2, -0.15) is 0 Å². The van der Waals surface area contributed by atoms with Crippen LogP contribution in [0.5, 0.6) is 0 Å². The second kappa shape index (κ2) is 8.47. The highest BCUT2D eigenvalue weighted by Crippen LogP contribution is 2.21. The molecule has 148 valence electrons. The molecule has 0 bridgehead atoms. The van der Waals surface area contributed by atoms with Crippen LogP contribution in [0.4, 0.5) is 13.2 Å². The second-order valence-electron chi connectivity index (χ2n) is 7.35. The van der Waals surface area contributed by atoms with E-state index < -0.39 is 11.6 Å². The summed E-state index contributed by atoms with van der Waals surface area (Å²) in [6, 6.07) is 20.8. The average Bonchev–Trinajstić information content (AvgIpc) is 2.75. The standard InChI is InChI=1S/C27H19F3/c1-18-2-4-19(5-3-18)6-7-21-9-12-22(26(29)17-21)11-8-20-10-14-24-23(16-20)13-15-25(28)27(24)30/h2-5,9-10,12-17H,6-7H2,1H3. The molecule has 0 saturated carbocycles. The maximum Gasteiger partial charge on any atom is 0.166 e. The van der Waals surface area contributed by atoms with Crippen LogP contribution in [0.2, 0.25) is 0 Å². The van der Waals surface area contributed by atoms with Crippen LogP contribution in [0.3, 0.4) is 0 Å². The summed E-state index contributed by atoms with van der Waals surface area (Å²) in [5.74, 6) is 3.62. The molecule has 0 spiro atoms. The maximum atomic E-state index is 14.5. The molecular formula is C27H19F3. The molecule has 0 amide bonds. The molecule has 30 heavy (non-hydrogen) atoms. The zero-order chi connectivity index (χ0) is 21.1. The van der Waals surface area contributed by atoms with Crippen LogP contribution in [-0.2, 0) is 12.8 Å². The van der Waals surface area contributed by atoms with E-state index in [2.05, 4.69) is 43.0 Å². The van der Waals surface area contributed by atoms with E-state index >= 15 is 0 Å². The van der Waals surface area contributed by atoms with Crippen LogP contribution in [0, 0.1) is 36.2 Å². The molecule has 0 aliphatic carbocycles. The Labute approximate surface area is 174 Å². The fourth-order valence-corrected chi connectivity index (χ4v) is 3.34. The molecule has 0 heterocycles. The van der Waals surface area contributed by atoms with E-state index in [9.17, 15) is 13.2 Å². The minimum absolute atomic E-state index is 0.199. The van der Waals surface area contributed by atoms with Crippen LogP contribution in [0.25, 0.3) is 10.8 Å². The van der Waals surface area contributed by atoms with Crippen molar-refractivity contribution in [2.24, 2.45) is 0 Å². The highest BCUT2D eigenvalue weighted by molar-refractivity contribution is 5.84. The number of rotatable bonds is 3. The van der Waals surface area contributed by atoms with Crippen LogP contribution in [-0.4, -0.2) is 0 Å². The first-order valence-corrected chi connectivity index (χ1v) is 9.73. The fourth-order valence-electron chi connectivity index (χ4n) is 3.34. The lowest BCUT2D eigenvalue weighted by Gasteiger charge is -2.04. The summed E-state index contributed by atoms with van der Waals surface area (Å²) >= 11 is 0. The summed E-state index contributed by atoms with van der Waals surface area (Å²) < 4.78 is 41.6. The van der Waals surface area contributed by atoms with Crippen molar-refractivity contribution in [3.63, 3.8) is 0 Å². The molecule has 0 nitrogen and oxygen atoms in total. The van der Waals surface area contributed by atoms with Gasteiger partial charge in [-0.05, 0) is 66.6 Å². The zero-order valence-corrected chi connectivity index (χ0v) is 16.5. The monoisotopic (exact) mass is 400 g/mol. The average molecular weight is 400 g/mol. The normalized spacial score (nSPS) is 10.7. The Hall–Kier alpha value is -3.51. The first-order chi connectivity index (χ1) is 14.5. The summed E-state index contributed by atoms with van der Waals surface area (Å²) in [5, 5.41) is 0.747. The molecule has 0 aliphatic heterocycles. The topological polar surface area (TPSA) is 0 Å². The van der Waals surface area contributed by atoms with Crippen molar-refractivity contribution in [1.82, 2.24) is 0 Å². The van der Waals surface area contributed by atoms with Gasteiger partial charge >= 0.3 is 0 Å². The third kappa shape index (κ3) is 4.39. The van der Waals surface area contributed by atoms with Gasteiger partial charge in [0.2, 0.25) is 0 Å². The quantitative estimate of drug-likeness (QED) is 0.334. The summed E-state index contributed by atoms with van der Waals surface area (Å²) in [7, 11) is 0. The Morgan fingerprint density at radius 2 is 1.40 bits per heavy atom. The Kier molecular flexibility index (Phi) is 5.59. The number of benzene rings is 4. The molecule has 4 rings (SSSR count). The van der Waals surface area contributed by atoms with E-state index in [1.54, 1.807) is 18.2 Å². The highest BCUT2D eigenvalue weighted by atomic mass is 19.2. The largest absolute Gasteiger partial charge is 0.206 e. The third-order valence-corrected chi connectivity index (χ3v) is 5.10. The van der Waals surface area contributed by atoms with E-state index in [1.807, 2.05) is 6.07 Å². The van der Waals surface area contributed by atoms with Crippen molar-refractivity contribution in [2.45, 2.75) is 19.8 Å². The van der Waals surface area contributed by atoms with E-state index in [0.717, 1.165) is 24.5 Å². The van der Waals surface area contributed by atoms with Crippen LogP contribution in [0.1, 0.15) is 27.8 Å². The van der Waals surface area contributed by atoms with Crippen molar-refractivity contribution >= 4 is 10.8 Å². The van der Waals surface area contributed by atoms with E-state index in [0.29, 0.717) is 16.5 Å². The van der Waals surface area contributed by atoms with Crippen LogP contribution < -0.4 is 0 Å². The summed E-state index contributed by atoms with van der Waals surface area (Å²) in [6.45, 7) is 2.05. The van der Waals surface area contributed by atoms with Crippen molar-refractivity contribution < 1.29 is 13.2 Å². The van der Waals surface area contributed by atoms with Gasteiger partial charge in [0.15, 0.2) is 11.6 Å². The lowest BCUT2D eigenvalue weighted by molar-refractivity contribution is 0.517. The fraction of sp³-hybridized carbons (Fsp3) is 0.111. The highest BCUT2D eigenvalue weighted by Gasteiger charge is 2.07. The molecule has 0 N–H and O–H groups in total. The number of hydrogen-bond acceptors (Lipinski definition) is 0. The number of fused-ring (bicyclic) bond motifs is 1. The van der Waals surface area contributed by atoms with Gasteiger partial charge in [-0.1, -0.05) is 59.9 Å². The Morgan fingerprint density at radius 1 is 0.667 bits per heavy atom. The molecule has 0 saturated heterocycles. The zero-order valence-electron chi connectivity index (χ0n) is 16.5. The molecule has 0 aromatic heterocycles. The number of halogens is 3. The van der Waals surface area contributed by atoms with Crippen molar-refractivity contribution in [1.29, 1.82) is 0 Å². The SMILES string of the molecule is Cc1ccc(CCc2ccc(C#Cc3ccc4c(F)c(F)ccc4c3)c(F)c2)cc1. The predicted octanol–water partition coefficient (Wildman–Crippen LogP) is 6.75. The molecule has 0 radical (unpaired) electrons. The smallest absolute Gasteiger partial charge is 0.166 e. The first kappa shape index (κ1) is 19.8. The Balaban J connectivity index is 1.50. The summed E-state index contributed by atoms with van der Waals surface area (Å²) in [6.07, 6.45) is 1.60. The molecule has 4 aromatic carbocycles. The second-order valence-corrected chi connectivity index (χ2v) is 7.35. The number of aryl methyl sites for hydroxylation is 3. The van der Waals surface area contributed by atoms with Gasteiger partial charge in [-0.25, -0.2) is 13.2 Å². The van der Waals surface area contributed by atoms with Crippen molar-refractivity contribution in [2.75, 3.05) is 0 Å². The van der Waals surface area contributed by atoms with Crippen molar-refractivity contribution in [3.05, 3.63) is 118 Å². The lowest BCUT2D eigenvalue weighted by Crippen LogP contribution is -1.94. The van der Waals surface area contributed by atoms with Crippen LogP contribution >= 0.6 is 0 Å². The third-order valence-electron chi connectivity index (χ3n) is 5.10. The predicted molar refractivity (Wildman–Crippen MR) is 115 cm³/mol. The lowest BCUT2D eigenvalue weighted by atomic mass is 10.0.